The Morgan fingerprint density at radius 3 is 2.68 bits per heavy atom. The van der Waals surface area contributed by atoms with Gasteiger partial charge in [0, 0.05) is 17.7 Å². The van der Waals surface area contributed by atoms with E-state index in [9.17, 15) is 9.90 Å². The number of hydrogen-bond acceptors (Lipinski definition) is 4. The van der Waals surface area contributed by atoms with Gasteiger partial charge < -0.3 is 9.67 Å². The average molecular weight is 377 g/mol. The molecular formula is C22H23N3O3. The number of para-hydroxylation sites is 2. The van der Waals surface area contributed by atoms with Crippen LogP contribution in [0.1, 0.15) is 37.3 Å². The number of amides is 1. The molecule has 2 aromatic carbocycles. The van der Waals surface area contributed by atoms with Gasteiger partial charge >= 0.3 is 0 Å². The SMILES string of the molecule is O=C(/C=C/c1cccc(-c2nc3ccccc3n2C2CCC(O)CC2)c1)NO. The molecule has 0 radical (unpaired) electrons. The number of aromatic nitrogens is 2. The van der Waals surface area contributed by atoms with E-state index in [0.29, 0.717) is 6.04 Å². The maximum absolute atomic E-state index is 11.3. The molecule has 3 aromatic rings. The molecule has 0 unspecified atom stereocenters. The molecule has 0 spiro atoms. The summed E-state index contributed by atoms with van der Waals surface area (Å²) in [6.07, 6.45) is 6.17. The molecule has 144 valence electrons. The zero-order valence-electron chi connectivity index (χ0n) is 15.5. The minimum Gasteiger partial charge on any atom is -0.393 e. The third-order valence-electron chi connectivity index (χ3n) is 5.31. The second-order valence-corrected chi connectivity index (χ2v) is 7.19. The summed E-state index contributed by atoms with van der Waals surface area (Å²) in [6.45, 7) is 0. The number of benzene rings is 2. The van der Waals surface area contributed by atoms with Gasteiger partial charge in [-0.25, -0.2) is 10.5 Å². The zero-order chi connectivity index (χ0) is 19.5. The minimum atomic E-state index is -0.571. The van der Waals surface area contributed by atoms with E-state index in [0.717, 1.165) is 53.7 Å². The minimum absolute atomic E-state index is 0.208. The molecule has 0 aliphatic heterocycles. The van der Waals surface area contributed by atoms with E-state index >= 15 is 0 Å². The smallest absolute Gasteiger partial charge is 0.267 e. The van der Waals surface area contributed by atoms with Crippen molar-refractivity contribution >= 4 is 23.0 Å². The Bertz CT molecular complexity index is 1020. The van der Waals surface area contributed by atoms with Crippen LogP contribution in [-0.4, -0.2) is 31.9 Å². The first-order chi connectivity index (χ1) is 13.7. The maximum Gasteiger partial charge on any atom is 0.267 e. The standard InChI is InChI=1S/C22H23N3O3/c26-18-11-9-17(10-12-18)25-20-7-2-1-6-19(20)23-22(25)16-5-3-4-15(14-16)8-13-21(27)24-28/h1-8,13-14,17-18,26,28H,9-12H2,(H,24,27)/b13-8+. The van der Waals surface area contributed by atoms with Crippen LogP contribution in [0.2, 0.25) is 0 Å². The van der Waals surface area contributed by atoms with E-state index < -0.39 is 5.91 Å². The lowest BCUT2D eigenvalue weighted by Gasteiger charge is -2.28. The van der Waals surface area contributed by atoms with Crippen LogP contribution in [-0.2, 0) is 4.79 Å². The van der Waals surface area contributed by atoms with Gasteiger partial charge in [-0.1, -0.05) is 30.3 Å². The van der Waals surface area contributed by atoms with E-state index in [-0.39, 0.29) is 6.10 Å². The third-order valence-corrected chi connectivity index (χ3v) is 5.31. The van der Waals surface area contributed by atoms with Crippen molar-refractivity contribution in [3.63, 3.8) is 0 Å². The molecule has 0 atom stereocenters. The van der Waals surface area contributed by atoms with E-state index in [2.05, 4.69) is 10.6 Å². The van der Waals surface area contributed by atoms with Gasteiger partial charge in [-0.3, -0.25) is 10.0 Å². The number of hydroxylamine groups is 1. The summed E-state index contributed by atoms with van der Waals surface area (Å²) in [4.78, 5) is 16.1. The highest BCUT2D eigenvalue weighted by molar-refractivity contribution is 5.91. The number of carbonyl (C=O) groups is 1. The predicted molar refractivity (Wildman–Crippen MR) is 108 cm³/mol. The van der Waals surface area contributed by atoms with Crippen LogP contribution in [0.4, 0.5) is 0 Å². The molecule has 1 heterocycles. The molecule has 1 aliphatic carbocycles. The Hall–Kier alpha value is -2.96. The lowest BCUT2D eigenvalue weighted by Crippen LogP contribution is -2.21. The summed E-state index contributed by atoms with van der Waals surface area (Å²) in [5.74, 6) is 0.322. The second-order valence-electron chi connectivity index (χ2n) is 7.19. The van der Waals surface area contributed by atoms with Crippen LogP contribution >= 0.6 is 0 Å². The molecule has 0 bridgehead atoms. The number of fused-ring (bicyclic) bond motifs is 1. The molecule has 6 heteroatoms. The third kappa shape index (κ3) is 3.69. The number of rotatable bonds is 4. The summed E-state index contributed by atoms with van der Waals surface area (Å²) in [6, 6.07) is 16.2. The molecule has 1 fully saturated rings. The largest absolute Gasteiger partial charge is 0.393 e. The van der Waals surface area contributed by atoms with Crippen molar-refractivity contribution in [1.82, 2.24) is 15.0 Å². The number of hydrogen-bond donors (Lipinski definition) is 3. The summed E-state index contributed by atoms with van der Waals surface area (Å²) >= 11 is 0. The Morgan fingerprint density at radius 1 is 1.11 bits per heavy atom. The van der Waals surface area contributed by atoms with Crippen molar-refractivity contribution in [2.24, 2.45) is 0 Å². The molecule has 1 aromatic heterocycles. The van der Waals surface area contributed by atoms with E-state index in [1.54, 1.807) is 11.6 Å². The van der Waals surface area contributed by atoms with Crippen LogP contribution in [0.15, 0.2) is 54.6 Å². The van der Waals surface area contributed by atoms with Crippen molar-refractivity contribution in [1.29, 1.82) is 0 Å². The highest BCUT2D eigenvalue weighted by atomic mass is 16.5. The van der Waals surface area contributed by atoms with Gasteiger partial charge in [0.15, 0.2) is 0 Å². The van der Waals surface area contributed by atoms with Crippen LogP contribution < -0.4 is 5.48 Å². The fourth-order valence-electron chi connectivity index (χ4n) is 3.92. The zero-order valence-corrected chi connectivity index (χ0v) is 15.5. The summed E-state index contributed by atoms with van der Waals surface area (Å²) < 4.78 is 2.30. The lowest BCUT2D eigenvalue weighted by molar-refractivity contribution is -0.124. The fraction of sp³-hybridized carbons (Fsp3) is 0.273. The number of nitrogens with one attached hydrogen (secondary N) is 1. The van der Waals surface area contributed by atoms with Crippen molar-refractivity contribution in [3.8, 4) is 11.4 Å². The molecule has 1 saturated carbocycles. The van der Waals surface area contributed by atoms with Gasteiger partial charge in [-0.15, -0.1) is 0 Å². The molecule has 3 N–H and O–H groups in total. The van der Waals surface area contributed by atoms with E-state index in [1.807, 2.05) is 42.5 Å². The molecule has 6 nitrogen and oxygen atoms in total. The first-order valence-corrected chi connectivity index (χ1v) is 9.53. The molecule has 4 rings (SSSR count). The van der Waals surface area contributed by atoms with Crippen LogP contribution in [0, 0.1) is 0 Å². The van der Waals surface area contributed by atoms with Crippen molar-refractivity contribution in [2.45, 2.75) is 37.8 Å². The fourth-order valence-corrected chi connectivity index (χ4v) is 3.92. The Balaban J connectivity index is 1.77. The van der Waals surface area contributed by atoms with Crippen LogP contribution in [0.5, 0.6) is 0 Å². The van der Waals surface area contributed by atoms with Gasteiger partial charge in [-0.05, 0) is 55.5 Å². The molecular weight excluding hydrogens is 354 g/mol. The van der Waals surface area contributed by atoms with Gasteiger partial charge in [0.25, 0.3) is 5.91 Å². The summed E-state index contributed by atoms with van der Waals surface area (Å²) in [7, 11) is 0. The number of aliphatic hydroxyl groups excluding tert-OH is 1. The second kappa shape index (κ2) is 7.96. The van der Waals surface area contributed by atoms with Crippen molar-refractivity contribution in [2.75, 3.05) is 0 Å². The quantitative estimate of drug-likeness (QED) is 0.368. The monoisotopic (exact) mass is 377 g/mol. The highest BCUT2D eigenvalue weighted by Crippen LogP contribution is 2.36. The van der Waals surface area contributed by atoms with Gasteiger partial charge in [0.1, 0.15) is 5.82 Å². The lowest BCUT2D eigenvalue weighted by atomic mass is 9.92. The van der Waals surface area contributed by atoms with Crippen molar-refractivity contribution < 1.29 is 15.1 Å². The van der Waals surface area contributed by atoms with E-state index in [1.165, 1.54) is 6.08 Å². The first kappa shape index (κ1) is 18.4. The normalized spacial score (nSPS) is 19.9. The molecule has 0 saturated heterocycles. The Labute approximate surface area is 163 Å². The summed E-state index contributed by atoms with van der Waals surface area (Å²) in [5, 5.41) is 18.5. The van der Waals surface area contributed by atoms with Gasteiger partial charge in [-0.2, -0.15) is 0 Å². The van der Waals surface area contributed by atoms with Crippen LogP contribution in [0.25, 0.3) is 28.5 Å². The Morgan fingerprint density at radius 2 is 1.89 bits per heavy atom. The first-order valence-electron chi connectivity index (χ1n) is 9.53. The topological polar surface area (TPSA) is 87.4 Å². The summed E-state index contributed by atoms with van der Waals surface area (Å²) in [5.41, 5.74) is 5.45. The number of aliphatic hydroxyl groups is 1. The Kier molecular flexibility index (Phi) is 5.23. The van der Waals surface area contributed by atoms with Crippen LogP contribution in [0.3, 0.4) is 0 Å². The van der Waals surface area contributed by atoms with E-state index in [4.69, 9.17) is 10.2 Å². The van der Waals surface area contributed by atoms with Crippen molar-refractivity contribution in [3.05, 3.63) is 60.2 Å². The number of imidazole rings is 1. The van der Waals surface area contributed by atoms with Gasteiger partial charge in [0.2, 0.25) is 0 Å². The maximum atomic E-state index is 11.3. The molecule has 28 heavy (non-hydrogen) atoms. The highest BCUT2D eigenvalue weighted by Gasteiger charge is 2.25. The molecule has 1 amide bonds. The molecule has 1 aliphatic rings. The predicted octanol–water partition coefficient (Wildman–Crippen LogP) is 3.70. The number of nitrogens with zero attached hydrogens (tertiary/aromatic N) is 2. The average Bonchev–Trinajstić information content (AvgIpc) is 3.12. The number of carbonyl (C=O) groups excluding carboxylic acids is 1. The van der Waals surface area contributed by atoms with Gasteiger partial charge in [0.05, 0.1) is 17.1 Å².